The van der Waals surface area contributed by atoms with Crippen molar-refractivity contribution in [3.63, 3.8) is 0 Å². The van der Waals surface area contributed by atoms with Crippen molar-refractivity contribution >= 4 is 23.0 Å². The first-order valence-electron chi connectivity index (χ1n) is 9.37. The molecule has 0 saturated carbocycles. The van der Waals surface area contributed by atoms with Crippen molar-refractivity contribution in [3.05, 3.63) is 72.1 Å². The number of ether oxygens (including phenoxy) is 2. The number of anilines is 3. The number of rotatable bonds is 7. The smallest absolute Gasteiger partial charge is 0.274 e. The van der Waals surface area contributed by atoms with E-state index in [-0.39, 0.29) is 5.91 Å². The molecule has 6 heteroatoms. The van der Waals surface area contributed by atoms with Gasteiger partial charge in [-0.1, -0.05) is 32.0 Å². The van der Waals surface area contributed by atoms with Crippen molar-refractivity contribution in [2.24, 2.45) is 0 Å². The van der Waals surface area contributed by atoms with E-state index in [1.165, 1.54) is 5.56 Å². The molecule has 29 heavy (non-hydrogen) atoms. The molecule has 0 bridgehead atoms. The average Bonchev–Trinajstić information content (AvgIpc) is 2.74. The number of benzene rings is 2. The predicted octanol–water partition coefficient (Wildman–Crippen LogP) is 5.22. The number of nitrogens with zero attached hydrogens (tertiary/aromatic N) is 1. The van der Waals surface area contributed by atoms with E-state index < -0.39 is 0 Å². The Bertz CT molecular complexity index is 1000. The second-order valence-electron chi connectivity index (χ2n) is 6.82. The number of carbonyl (C=O) groups excluding carboxylic acids is 1. The van der Waals surface area contributed by atoms with Crippen molar-refractivity contribution in [3.8, 4) is 11.5 Å². The van der Waals surface area contributed by atoms with E-state index in [1.807, 2.05) is 24.3 Å². The molecule has 0 fully saturated rings. The lowest BCUT2D eigenvalue weighted by atomic mass is 10.0. The first kappa shape index (κ1) is 20.2. The first-order valence-corrected chi connectivity index (χ1v) is 9.37. The van der Waals surface area contributed by atoms with Gasteiger partial charge in [0.05, 0.1) is 19.9 Å². The van der Waals surface area contributed by atoms with Gasteiger partial charge >= 0.3 is 0 Å². The minimum atomic E-state index is -0.325. The Morgan fingerprint density at radius 3 is 2.48 bits per heavy atom. The highest BCUT2D eigenvalue weighted by Gasteiger charge is 2.13. The molecule has 0 atom stereocenters. The summed E-state index contributed by atoms with van der Waals surface area (Å²) in [6.07, 6.45) is 1.61. The number of hydrogen-bond acceptors (Lipinski definition) is 5. The van der Waals surface area contributed by atoms with Gasteiger partial charge < -0.3 is 20.1 Å². The van der Waals surface area contributed by atoms with E-state index in [9.17, 15) is 4.79 Å². The number of pyridine rings is 1. The van der Waals surface area contributed by atoms with Crippen LogP contribution in [-0.2, 0) is 0 Å². The van der Waals surface area contributed by atoms with E-state index in [2.05, 4.69) is 35.5 Å². The van der Waals surface area contributed by atoms with Crippen LogP contribution in [0.1, 0.15) is 35.8 Å². The highest BCUT2D eigenvalue weighted by Crippen LogP contribution is 2.30. The fraction of sp³-hybridized carbons (Fsp3) is 0.217. The van der Waals surface area contributed by atoms with Crippen LogP contribution in [0.5, 0.6) is 11.5 Å². The number of nitrogens with one attached hydrogen (secondary N) is 2. The fourth-order valence-corrected chi connectivity index (χ4v) is 2.99. The Hall–Kier alpha value is -3.54. The van der Waals surface area contributed by atoms with Crippen molar-refractivity contribution in [2.45, 2.75) is 19.8 Å². The summed E-state index contributed by atoms with van der Waals surface area (Å²) in [6.45, 7) is 4.29. The van der Waals surface area contributed by atoms with Crippen LogP contribution in [0.15, 0.2) is 60.8 Å². The monoisotopic (exact) mass is 391 g/mol. The van der Waals surface area contributed by atoms with E-state index in [0.29, 0.717) is 28.8 Å². The third kappa shape index (κ3) is 4.85. The summed E-state index contributed by atoms with van der Waals surface area (Å²) in [4.78, 5) is 16.9. The second-order valence-corrected chi connectivity index (χ2v) is 6.82. The molecule has 0 aliphatic carbocycles. The van der Waals surface area contributed by atoms with Crippen molar-refractivity contribution < 1.29 is 14.3 Å². The maximum absolute atomic E-state index is 12.7. The van der Waals surface area contributed by atoms with E-state index in [0.717, 1.165) is 11.4 Å². The van der Waals surface area contributed by atoms with E-state index in [4.69, 9.17) is 9.47 Å². The molecule has 0 saturated heterocycles. The summed E-state index contributed by atoms with van der Waals surface area (Å²) in [5.74, 6) is 1.21. The standard InChI is InChI=1S/C23H25N3O3/c1-15(2)18-7-5-6-8-19(18)25-16-11-12-24-21(13-16)23(27)26-20-10-9-17(28-3)14-22(20)29-4/h5-15H,1-4H3,(H,24,25)(H,26,27). The summed E-state index contributed by atoms with van der Waals surface area (Å²) >= 11 is 0. The summed E-state index contributed by atoms with van der Waals surface area (Å²) in [7, 11) is 3.12. The fourth-order valence-electron chi connectivity index (χ4n) is 2.99. The molecule has 2 N–H and O–H groups in total. The summed E-state index contributed by atoms with van der Waals surface area (Å²) in [5.41, 5.74) is 3.86. The summed E-state index contributed by atoms with van der Waals surface area (Å²) < 4.78 is 10.5. The molecule has 150 valence electrons. The molecule has 1 aromatic heterocycles. The number of para-hydroxylation sites is 1. The van der Waals surface area contributed by atoms with Gasteiger partial charge in [0.15, 0.2) is 0 Å². The van der Waals surface area contributed by atoms with Crippen LogP contribution in [0.25, 0.3) is 0 Å². The largest absolute Gasteiger partial charge is 0.497 e. The normalized spacial score (nSPS) is 10.5. The quantitative estimate of drug-likeness (QED) is 0.578. The number of aromatic nitrogens is 1. The Morgan fingerprint density at radius 2 is 1.76 bits per heavy atom. The minimum absolute atomic E-state index is 0.301. The highest BCUT2D eigenvalue weighted by atomic mass is 16.5. The van der Waals surface area contributed by atoms with E-state index in [1.54, 1.807) is 44.7 Å². The summed E-state index contributed by atoms with van der Waals surface area (Å²) in [5, 5.41) is 6.23. The van der Waals surface area contributed by atoms with Gasteiger partial charge in [-0.3, -0.25) is 9.78 Å². The van der Waals surface area contributed by atoms with Crippen LogP contribution < -0.4 is 20.1 Å². The first-order chi connectivity index (χ1) is 14.0. The van der Waals surface area contributed by atoms with Crippen molar-refractivity contribution in [1.29, 1.82) is 0 Å². The number of carbonyl (C=O) groups is 1. The van der Waals surface area contributed by atoms with Crippen LogP contribution >= 0.6 is 0 Å². The Kier molecular flexibility index (Phi) is 6.34. The van der Waals surface area contributed by atoms with Gasteiger partial charge in [0.25, 0.3) is 5.91 Å². The molecule has 2 aromatic carbocycles. The molecule has 3 aromatic rings. The number of amides is 1. The predicted molar refractivity (Wildman–Crippen MR) is 116 cm³/mol. The lowest BCUT2D eigenvalue weighted by molar-refractivity contribution is 0.102. The number of methoxy groups -OCH3 is 2. The maximum atomic E-state index is 12.7. The van der Waals surface area contributed by atoms with Gasteiger partial charge in [-0.25, -0.2) is 0 Å². The lowest BCUT2D eigenvalue weighted by Crippen LogP contribution is -2.14. The Morgan fingerprint density at radius 1 is 0.966 bits per heavy atom. The van der Waals surface area contributed by atoms with Gasteiger partial charge in [0.1, 0.15) is 17.2 Å². The molecule has 0 aliphatic heterocycles. The lowest BCUT2D eigenvalue weighted by Gasteiger charge is -2.15. The molecule has 1 heterocycles. The van der Waals surface area contributed by atoms with Gasteiger partial charge in [0, 0.05) is 23.6 Å². The SMILES string of the molecule is COc1ccc(NC(=O)c2cc(Nc3ccccc3C(C)C)ccn2)c(OC)c1. The van der Waals surface area contributed by atoms with Crippen LogP contribution in [0, 0.1) is 0 Å². The molecule has 1 amide bonds. The zero-order chi connectivity index (χ0) is 20.8. The molecule has 0 unspecified atom stereocenters. The molecular weight excluding hydrogens is 366 g/mol. The maximum Gasteiger partial charge on any atom is 0.274 e. The van der Waals surface area contributed by atoms with Crippen LogP contribution in [-0.4, -0.2) is 25.1 Å². The topological polar surface area (TPSA) is 72.5 Å². The van der Waals surface area contributed by atoms with Crippen molar-refractivity contribution in [2.75, 3.05) is 24.9 Å². The van der Waals surface area contributed by atoms with Gasteiger partial charge in [-0.05, 0) is 41.8 Å². The van der Waals surface area contributed by atoms with Gasteiger partial charge in [0.2, 0.25) is 0 Å². The van der Waals surface area contributed by atoms with Gasteiger partial charge in [-0.15, -0.1) is 0 Å². The molecule has 0 spiro atoms. The summed E-state index contributed by atoms with van der Waals surface area (Å²) in [6, 6.07) is 16.9. The third-order valence-corrected chi connectivity index (χ3v) is 4.51. The zero-order valence-electron chi connectivity index (χ0n) is 17.0. The second kappa shape index (κ2) is 9.10. The Labute approximate surface area is 170 Å². The van der Waals surface area contributed by atoms with Crippen molar-refractivity contribution in [1.82, 2.24) is 4.98 Å². The average molecular weight is 391 g/mol. The minimum Gasteiger partial charge on any atom is -0.497 e. The van der Waals surface area contributed by atoms with Gasteiger partial charge in [-0.2, -0.15) is 0 Å². The molecule has 0 radical (unpaired) electrons. The number of hydrogen-bond donors (Lipinski definition) is 2. The van der Waals surface area contributed by atoms with Crippen LogP contribution in [0.3, 0.4) is 0 Å². The van der Waals surface area contributed by atoms with Crippen LogP contribution in [0.2, 0.25) is 0 Å². The molecular formula is C23H25N3O3. The third-order valence-electron chi connectivity index (χ3n) is 4.51. The Balaban J connectivity index is 1.80. The molecule has 0 aliphatic rings. The van der Waals surface area contributed by atoms with E-state index >= 15 is 0 Å². The molecule has 3 rings (SSSR count). The molecule has 6 nitrogen and oxygen atoms in total. The van der Waals surface area contributed by atoms with Crippen LogP contribution in [0.4, 0.5) is 17.1 Å². The highest BCUT2D eigenvalue weighted by molar-refractivity contribution is 6.04. The zero-order valence-corrected chi connectivity index (χ0v) is 17.0.